The van der Waals surface area contributed by atoms with Crippen LogP contribution in [0.2, 0.25) is 0 Å². The second-order valence-corrected chi connectivity index (χ2v) is 6.19. The summed E-state index contributed by atoms with van der Waals surface area (Å²) in [5.41, 5.74) is -1.50. The van der Waals surface area contributed by atoms with Crippen molar-refractivity contribution in [3.8, 4) is 0 Å². The van der Waals surface area contributed by atoms with Gasteiger partial charge in [0.25, 0.3) is 0 Å². The van der Waals surface area contributed by atoms with Gasteiger partial charge in [-0.25, -0.2) is 9.59 Å². The van der Waals surface area contributed by atoms with E-state index in [4.69, 9.17) is 4.74 Å². The van der Waals surface area contributed by atoms with Crippen LogP contribution in [-0.2, 0) is 9.53 Å². The van der Waals surface area contributed by atoms with Gasteiger partial charge in [0.15, 0.2) is 0 Å². The van der Waals surface area contributed by atoms with Gasteiger partial charge in [0.05, 0.1) is 5.60 Å². The standard InChI is InChI=1S/C15H28N2O4/c1-5-8-15(12(18)19)9-7-10-17(15)13(20)16-11-14(3,4)21-6-2/h5-11H2,1-4H3,(H,16,20)(H,18,19). The molecule has 1 saturated heterocycles. The van der Waals surface area contributed by atoms with Crippen LogP contribution in [-0.4, -0.2) is 52.8 Å². The molecular formula is C15H28N2O4. The molecule has 2 N–H and O–H groups in total. The fraction of sp³-hybridized carbons (Fsp3) is 0.867. The third-order valence-corrected chi connectivity index (χ3v) is 4.00. The van der Waals surface area contributed by atoms with Crippen LogP contribution in [0.1, 0.15) is 53.4 Å². The molecular weight excluding hydrogens is 272 g/mol. The van der Waals surface area contributed by atoms with Gasteiger partial charge in [-0.2, -0.15) is 0 Å². The second-order valence-electron chi connectivity index (χ2n) is 6.19. The third kappa shape index (κ3) is 4.09. The number of carbonyl (C=O) groups is 2. The van der Waals surface area contributed by atoms with E-state index in [0.717, 1.165) is 12.8 Å². The first-order valence-corrected chi connectivity index (χ1v) is 7.72. The van der Waals surface area contributed by atoms with Gasteiger partial charge in [0, 0.05) is 19.7 Å². The van der Waals surface area contributed by atoms with Crippen molar-refractivity contribution in [3.63, 3.8) is 0 Å². The summed E-state index contributed by atoms with van der Waals surface area (Å²) < 4.78 is 5.54. The molecule has 0 spiro atoms. The lowest BCUT2D eigenvalue weighted by molar-refractivity contribution is -0.148. The number of carbonyl (C=O) groups excluding carboxylic acids is 1. The number of hydrogen-bond acceptors (Lipinski definition) is 3. The van der Waals surface area contributed by atoms with Crippen molar-refractivity contribution >= 4 is 12.0 Å². The van der Waals surface area contributed by atoms with E-state index in [-0.39, 0.29) is 6.03 Å². The van der Waals surface area contributed by atoms with Crippen LogP contribution in [0, 0.1) is 0 Å². The molecule has 0 aromatic heterocycles. The van der Waals surface area contributed by atoms with Crippen LogP contribution in [0.15, 0.2) is 0 Å². The molecule has 1 fully saturated rings. The molecule has 0 aromatic carbocycles. The van der Waals surface area contributed by atoms with Gasteiger partial charge < -0.3 is 20.1 Å². The Bertz CT molecular complexity index is 384. The van der Waals surface area contributed by atoms with Gasteiger partial charge in [-0.1, -0.05) is 13.3 Å². The number of urea groups is 1. The molecule has 0 radical (unpaired) electrons. The Morgan fingerprint density at radius 3 is 2.57 bits per heavy atom. The van der Waals surface area contributed by atoms with Crippen LogP contribution in [0.5, 0.6) is 0 Å². The maximum Gasteiger partial charge on any atom is 0.329 e. The summed E-state index contributed by atoms with van der Waals surface area (Å²) in [4.78, 5) is 25.6. The van der Waals surface area contributed by atoms with E-state index in [1.165, 1.54) is 4.90 Å². The highest BCUT2D eigenvalue weighted by Gasteiger charge is 2.49. The van der Waals surface area contributed by atoms with Crippen molar-refractivity contribution in [3.05, 3.63) is 0 Å². The fourth-order valence-electron chi connectivity index (χ4n) is 3.00. The van der Waals surface area contributed by atoms with Crippen LogP contribution in [0.25, 0.3) is 0 Å². The molecule has 2 amide bonds. The number of hydrogen-bond donors (Lipinski definition) is 2. The Hall–Kier alpha value is -1.30. The zero-order valence-corrected chi connectivity index (χ0v) is 13.6. The lowest BCUT2D eigenvalue weighted by atomic mass is 9.91. The predicted molar refractivity (Wildman–Crippen MR) is 80.3 cm³/mol. The van der Waals surface area contributed by atoms with Crippen molar-refractivity contribution in [2.75, 3.05) is 19.7 Å². The van der Waals surface area contributed by atoms with E-state index in [2.05, 4.69) is 5.32 Å². The van der Waals surface area contributed by atoms with Crippen LogP contribution < -0.4 is 5.32 Å². The van der Waals surface area contributed by atoms with Crippen molar-refractivity contribution in [2.45, 2.75) is 64.5 Å². The summed E-state index contributed by atoms with van der Waals surface area (Å²) in [6.45, 7) is 9.07. The minimum Gasteiger partial charge on any atom is -0.479 e. The van der Waals surface area contributed by atoms with Gasteiger partial charge in [-0.05, 0) is 40.0 Å². The molecule has 1 aliphatic rings. The lowest BCUT2D eigenvalue weighted by Crippen LogP contribution is -2.57. The molecule has 1 rings (SSSR count). The molecule has 0 saturated carbocycles. The zero-order chi connectivity index (χ0) is 16.1. The number of nitrogens with one attached hydrogen (secondary N) is 1. The minimum atomic E-state index is -1.05. The number of carboxylic acids is 1. The summed E-state index contributed by atoms with van der Waals surface area (Å²) in [5, 5.41) is 12.4. The van der Waals surface area contributed by atoms with Crippen LogP contribution in [0.3, 0.4) is 0 Å². The average Bonchev–Trinajstić information content (AvgIpc) is 2.81. The van der Waals surface area contributed by atoms with Gasteiger partial charge in [0.2, 0.25) is 0 Å². The van der Waals surface area contributed by atoms with E-state index in [1.54, 1.807) is 0 Å². The van der Waals surface area contributed by atoms with E-state index in [1.807, 2.05) is 27.7 Å². The molecule has 0 bridgehead atoms. The van der Waals surface area contributed by atoms with E-state index < -0.39 is 17.1 Å². The number of nitrogens with zero attached hydrogens (tertiary/aromatic N) is 1. The minimum absolute atomic E-state index is 0.309. The first-order valence-electron chi connectivity index (χ1n) is 7.72. The van der Waals surface area contributed by atoms with Gasteiger partial charge in [-0.15, -0.1) is 0 Å². The number of amides is 2. The zero-order valence-electron chi connectivity index (χ0n) is 13.6. The first-order chi connectivity index (χ1) is 9.79. The summed E-state index contributed by atoms with van der Waals surface area (Å²) in [5.74, 6) is -0.902. The quantitative estimate of drug-likeness (QED) is 0.755. The first kappa shape index (κ1) is 17.8. The Balaban J connectivity index is 2.74. The molecule has 122 valence electrons. The Morgan fingerprint density at radius 2 is 2.05 bits per heavy atom. The average molecular weight is 300 g/mol. The van der Waals surface area contributed by atoms with Gasteiger partial charge in [0.1, 0.15) is 5.54 Å². The normalized spacial score (nSPS) is 22.4. The molecule has 21 heavy (non-hydrogen) atoms. The number of rotatable bonds is 7. The molecule has 1 aliphatic heterocycles. The number of carboxylic acid groups (broad SMARTS) is 1. The van der Waals surface area contributed by atoms with Crippen LogP contribution in [0.4, 0.5) is 4.79 Å². The number of aliphatic carboxylic acids is 1. The Kier molecular flexibility index (Phi) is 6.01. The molecule has 6 heteroatoms. The van der Waals surface area contributed by atoms with E-state index >= 15 is 0 Å². The van der Waals surface area contributed by atoms with Crippen molar-refractivity contribution in [2.24, 2.45) is 0 Å². The number of ether oxygens (including phenoxy) is 1. The highest BCUT2D eigenvalue weighted by molar-refractivity contribution is 5.87. The van der Waals surface area contributed by atoms with E-state index in [9.17, 15) is 14.7 Å². The van der Waals surface area contributed by atoms with Crippen LogP contribution >= 0.6 is 0 Å². The van der Waals surface area contributed by atoms with Gasteiger partial charge in [-0.3, -0.25) is 0 Å². The van der Waals surface area contributed by atoms with Crippen molar-refractivity contribution < 1.29 is 19.4 Å². The lowest BCUT2D eigenvalue weighted by Gasteiger charge is -2.35. The predicted octanol–water partition coefficient (Wildman–Crippen LogP) is 2.23. The maximum absolute atomic E-state index is 12.4. The molecule has 1 unspecified atom stereocenters. The van der Waals surface area contributed by atoms with E-state index in [0.29, 0.717) is 32.5 Å². The fourth-order valence-corrected chi connectivity index (χ4v) is 3.00. The second kappa shape index (κ2) is 7.11. The highest BCUT2D eigenvalue weighted by Crippen LogP contribution is 2.34. The smallest absolute Gasteiger partial charge is 0.329 e. The molecule has 6 nitrogen and oxygen atoms in total. The maximum atomic E-state index is 12.4. The van der Waals surface area contributed by atoms with Crippen molar-refractivity contribution in [1.82, 2.24) is 10.2 Å². The third-order valence-electron chi connectivity index (χ3n) is 4.00. The molecule has 0 aromatic rings. The highest BCUT2D eigenvalue weighted by atomic mass is 16.5. The molecule has 0 aliphatic carbocycles. The monoisotopic (exact) mass is 300 g/mol. The number of likely N-dealkylation sites (tertiary alicyclic amines) is 1. The Morgan fingerprint density at radius 1 is 1.38 bits per heavy atom. The summed E-state index contributed by atoms with van der Waals surface area (Å²) in [6.07, 6.45) is 2.48. The Labute approximate surface area is 126 Å². The summed E-state index contributed by atoms with van der Waals surface area (Å²) >= 11 is 0. The SMILES string of the molecule is CCCC1(C(=O)O)CCCN1C(=O)NCC(C)(C)OCC. The largest absolute Gasteiger partial charge is 0.479 e. The molecule has 1 atom stereocenters. The van der Waals surface area contributed by atoms with Gasteiger partial charge >= 0.3 is 12.0 Å². The topological polar surface area (TPSA) is 78.9 Å². The summed E-state index contributed by atoms with van der Waals surface area (Å²) in [7, 11) is 0. The van der Waals surface area contributed by atoms with Crippen molar-refractivity contribution in [1.29, 1.82) is 0 Å². The summed E-state index contributed by atoms with van der Waals surface area (Å²) in [6, 6.07) is -0.309. The molecule has 1 heterocycles.